The Kier molecular flexibility index (Phi) is 3.47. The molecule has 0 saturated heterocycles. The van der Waals surface area contributed by atoms with Gasteiger partial charge in [0.15, 0.2) is 0 Å². The van der Waals surface area contributed by atoms with Gasteiger partial charge in [0, 0.05) is 17.6 Å². The highest BCUT2D eigenvalue weighted by molar-refractivity contribution is 6.05. The molecule has 1 amide bonds. The Labute approximate surface area is 127 Å². The fourth-order valence-electron chi connectivity index (χ4n) is 2.29. The SMILES string of the molecule is Cc1cccc(NC(=O)c2c[nH]c3nc(C)ccc3c2=O)c1. The molecule has 110 valence electrons. The fraction of sp³-hybridized carbons (Fsp3) is 0.118. The zero-order chi connectivity index (χ0) is 15.7. The molecule has 1 aromatic carbocycles. The van der Waals surface area contributed by atoms with E-state index in [9.17, 15) is 9.59 Å². The maximum absolute atomic E-state index is 12.4. The Bertz CT molecular complexity index is 929. The number of aromatic nitrogens is 2. The summed E-state index contributed by atoms with van der Waals surface area (Å²) in [5, 5.41) is 3.14. The summed E-state index contributed by atoms with van der Waals surface area (Å²) >= 11 is 0. The Hall–Kier alpha value is -2.95. The van der Waals surface area contributed by atoms with Crippen molar-refractivity contribution in [2.45, 2.75) is 13.8 Å². The van der Waals surface area contributed by atoms with Crippen LogP contribution in [0.4, 0.5) is 5.69 Å². The number of fused-ring (bicyclic) bond motifs is 1. The van der Waals surface area contributed by atoms with Gasteiger partial charge in [0.1, 0.15) is 11.2 Å². The number of anilines is 1. The van der Waals surface area contributed by atoms with E-state index in [1.54, 1.807) is 18.2 Å². The van der Waals surface area contributed by atoms with Crippen molar-refractivity contribution in [1.82, 2.24) is 9.97 Å². The molecule has 0 atom stereocenters. The minimum absolute atomic E-state index is 0.0691. The van der Waals surface area contributed by atoms with Crippen LogP contribution in [0, 0.1) is 13.8 Å². The number of aryl methyl sites for hydroxylation is 2. The number of pyridine rings is 2. The third-order valence-electron chi connectivity index (χ3n) is 3.40. The van der Waals surface area contributed by atoms with Gasteiger partial charge in [-0.2, -0.15) is 0 Å². The van der Waals surface area contributed by atoms with E-state index in [-0.39, 0.29) is 11.0 Å². The third-order valence-corrected chi connectivity index (χ3v) is 3.40. The molecule has 2 heterocycles. The first kappa shape index (κ1) is 14.0. The largest absolute Gasteiger partial charge is 0.345 e. The second-order valence-corrected chi connectivity index (χ2v) is 5.20. The molecule has 5 nitrogen and oxygen atoms in total. The number of rotatable bonds is 2. The van der Waals surface area contributed by atoms with Gasteiger partial charge in [-0.1, -0.05) is 12.1 Å². The molecular weight excluding hydrogens is 278 g/mol. The second-order valence-electron chi connectivity index (χ2n) is 5.20. The molecule has 0 aliphatic carbocycles. The highest BCUT2D eigenvalue weighted by Crippen LogP contribution is 2.12. The van der Waals surface area contributed by atoms with Crippen molar-refractivity contribution in [1.29, 1.82) is 0 Å². The number of carbonyl (C=O) groups is 1. The van der Waals surface area contributed by atoms with Crippen LogP contribution in [0.1, 0.15) is 21.6 Å². The Morgan fingerprint density at radius 3 is 2.77 bits per heavy atom. The topological polar surface area (TPSA) is 74.8 Å². The molecule has 3 aromatic rings. The van der Waals surface area contributed by atoms with Gasteiger partial charge in [0.2, 0.25) is 5.43 Å². The summed E-state index contributed by atoms with van der Waals surface area (Å²) in [6.45, 7) is 3.78. The van der Waals surface area contributed by atoms with Crippen LogP contribution in [0.2, 0.25) is 0 Å². The normalized spacial score (nSPS) is 10.6. The van der Waals surface area contributed by atoms with E-state index in [0.29, 0.717) is 16.7 Å². The lowest BCUT2D eigenvalue weighted by atomic mass is 10.1. The summed E-state index contributed by atoms with van der Waals surface area (Å²) in [4.78, 5) is 31.9. The molecule has 2 N–H and O–H groups in total. The molecule has 5 heteroatoms. The average Bonchev–Trinajstić information content (AvgIpc) is 2.47. The van der Waals surface area contributed by atoms with E-state index in [1.807, 2.05) is 32.0 Å². The van der Waals surface area contributed by atoms with E-state index in [2.05, 4.69) is 15.3 Å². The fourth-order valence-corrected chi connectivity index (χ4v) is 2.29. The first-order valence-electron chi connectivity index (χ1n) is 6.91. The lowest BCUT2D eigenvalue weighted by molar-refractivity contribution is 0.102. The predicted octanol–water partition coefficient (Wildman–Crippen LogP) is 2.79. The number of benzene rings is 1. The molecular formula is C17H15N3O2. The highest BCUT2D eigenvalue weighted by atomic mass is 16.2. The molecule has 0 unspecified atom stereocenters. The van der Waals surface area contributed by atoms with Crippen molar-refractivity contribution in [3.63, 3.8) is 0 Å². The van der Waals surface area contributed by atoms with E-state index in [4.69, 9.17) is 0 Å². The maximum Gasteiger partial charge on any atom is 0.261 e. The van der Waals surface area contributed by atoms with Gasteiger partial charge in [-0.3, -0.25) is 9.59 Å². The molecule has 0 aliphatic heterocycles. The van der Waals surface area contributed by atoms with Crippen molar-refractivity contribution in [3.05, 3.63) is 69.6 Å². The molecule has 2 aromatic heterocycles. The van der Waals surface area contributed by atoms with E-state index >= 15 is 0 Å². The number of nitrogens with zero attached hydrogens (tertiary/aromatic N) is 1. The number of hydrogen-bond acceptors (Lipinski definition) is 3. The Morgan fingerprint density at radius 2 is 2.00 bits per heavy atom. The molecule has 0 saturated carbocycles. The minimum atomic E-state index is -0.436. The predicted molar refractivity (Wildman–Crippen MR) is 86.2 cm³/mol. The van der Waals surface area contributed by atoms with Crippen LogP contribution in [0.3, 0.4) is 0 Å². The van der Waals surface area contributed by atoms with E-state index in [0.717, 1.165) is 11.3 Å². The van der Waals surface area contributed by atoms with Gasteiger partial charge in [-0.25, -0.2) is 4.98 Å². The van der Waals surface area contributed by atoms with Gasteiger partial charge in [-0.15, -0.1) is 0 Å². The quantitative estimate of drug-likeness (QED) is 0.763. The third kappa shape index (κ3) is 2.61. The van der Waals surface area contributed by atoms with Crippen LogP contribution in [0.25, 0.3) is 11.0 Å². The highest BCUT2D eigenvalue weighted by Gasteiger charge is 2.13. The maximum atomic E-state index is 12.4. The second kappa shape index (κ2) is 5.44. The van der Waals surface area contributed by atoms with E-state index in [1.165, 1.54) is 6.20 Å². The van der Waals surface area contributed by atoms with Crippen molar-refractivity contribution in [2.24, 2.45) is 0 Å². The smallest absolute Gasteiger partial charge is 0.261 e. The van der Waals surface area contributed by atoms with Crippen molar-refractivity contribution < 1.29 is 4.79 Å². The summed E-state index contributed by atoms with van der Waals surface area (Å²) in [5.41, 5.74) is 2.72. The molecule has 0 bridgehead atoms. The monoisotopic (exact) mass is 293 g/mol. The molecule has 0 aliphatic rings. The number of amides is 1. The van der Waals surface area contributed by atoms with E-state index < -0.39 is 5.91 Å². The lowest BCUT2D eigenvalue weighted by Gasteiger charge is -2.06. The van der Waals surface area contributed by atoms with Crippen molar-refractivity contribution in [2.75, 3.05) is 5.32 Å². The van der Waals surface area contributed by atoms with Gasteiger partial charge >= 0.3 is 0 Å². The van der Waals surface area contributed by atoms with Gasteiger partial charge < -0.3 is 10.3 Å². The number of aromatic amines is 1. The molecule has 0 radical (unpaired) electrons. The summed E-state index contributed by atoms with van der Waals surface area (Å²) in [7, 11) is 0. The number of carbonyl (C=O) groups excluding carboxylic acids is 1. The molecule has 0 spiro atoms. The number of hydrogen-bond donors (Lipinski definition) is 2. The minimum Gasteiger partial charge on any atom is -0.345 e. The first-order valence-corrected chi connectivity index (χ1v) is 6.91. The van der Waals surface area contributed by atoms with Crippen LogP contribution in [-0.4, -0.2) is 15.9 Å². The van der Waals surface area contributed by atoms with Crippen molar-refractivity contribution >= 4 is 22.6 Å². The molecule has 0 fully saturated rings. The standard InChI is InChI=1S/C17H15N3O2/c1-10-4-3-5-12(8-10)20-17(22)14-9-18-16-13(15(14)21)7-6-11(2)19-16/h3-9H,1-2H3,(H,20,22)(H,18,19,21). The zero-order valence-electron chi connectivity index (χ0n) is 12.3. The summed E-state index contributed by atoms with van der Waals surface area (Å²) in [6, 6.07) is 10.8. The Balaban J connectivity index is 1.99. The first-order chi connectivity index (χ1) is 10.5. The number of H-pyrrole nitrogens is 1. The van der Waals surface area contributed by atoms with Crippen LogP contribution < -0.4 is 10.7 Å². The summed E-state index contributed by atoms with van der Waals surface area (Å²) in [6.07, 6.45) is 1.40. The van der Waals surface area contributed by atoms with Gasteiger partial charge in [0.25, 0.3) is 5.91 Å². The van der Waals surface area contributed by atoms with Crippen LogP contribution >= 0.6 is 0 Å². The van der Waals surface area contributed by atoms with Crippen LogP contribution in [0.15, 0.2) is 47.4 Å². The lowest BCUT2D eigenvalue weighted by Crippen LogP contribution is -2.22. The van der Waals surface area contributed by atoms with Gasteiger partial charge in [0.05, 0.1) is 5.39 Å². The molecule has 22 heavy (non-hydrogen) atoms. The molecule has 3 rings (SSSR count). The zero-order valence-corrected chi connectivity index (χ0v) is 12.3. The van der Waals surface area contributed by atoms with Crippen LogP contribution in [0.5, 0.6) is 0 Å². The van der Waals surface area contributed by atoms with Crippen LogP contribution in [-0.2, 0) is 0 Å². The summed E-state index contributed by atoms with van der Waals surface area (Å²) in [5.74, 6) is -0.436. The number of nitrogens with one attached hydrogen (secondary N) is 2. The van der Waals surface area contributed by atoms with Gasteiger partial charge in [-0.05, 0) is 43.7 Å². The summed E-state index contributed by atoms with van der Waals surface area (Å²) < 4.78 is 0. The average molecular weight is 293 g/mol. The Morgan fingerprint density at radius 1 is 1.18 bits per heavy atom. The van der Waals surface area contributed by atoms with Crippen molar-refractivity contribution in [3.8, 4) is 0 Å².